The summed E-state index contributed by atoms with van der Waals surface area (Å²) in [5.41, 5.74) is 1.62. The summed E-state index contributed by atoms with van der Waals surface area (Å²) in [4.78, 5) is 18.6. The van der Waals surface area contributed by atoms with Crippen molar-refractivity contribution in [3.63, 3.8) is 0 Å². The molecule has 6 heteroatoms. The SMILES string of the molecule is OC(CCl)Cc1ccccc1CP(O)(O)=S. The fourth-order valence-electron chi connectivity index (χ4n) is 1.44. The Balaban J connectivity index is 2.87. The van der Waals surface area contributed by atoms with Crippen molar-refractivity contribution >= 4 is 29.9 Å². The van der Waals surface area contributed by atoms with Crippen LogP contribution in [0.25, 0.3) is 0 Å². The van der Waals surface area contributed by atoms with Gasteiger partial charge in [0.2, 0.25) is 0 Å². The van der Waals surface area contributed by atoms with Crippen LogP contribution in [-0.2, 0) is 24.4 Å². The lowest BCUT2D eigenvalue weighted by atomic mass is 10.0. The molecule has 3 N–H and O–H groups in total. The fourth-order valence-corrected chi connectivity index (χ4v) is 2.72. The van der Waals surface area contributed by atoms with Crippen molar-refractivity contribution in [2.45, 2.75) is 18.7 Å². The molecule has 0 saturated heterocycles. The maximum absolute atomic E-state index is 9.46. The van der Waals surface area contributed by atoms with Gasteiger partial charge in [0.1, 0.15) is 0 Å². The van der Waals surface area contributed by atoms with Gasteiger partial charge in [-0.3, -0.25) is 0 Å². The Bertz CT molecular complexity index is 393. The first-order chi connectivity index (χ1) is 7.42. The smallest absolute Gasteiger partial charge is 0.187 e. The highest BCUT2D eigenvalue weighted by molar-refractivity contribution is 8.08. The minimum Gasteiger partial charge on any atom is -0.392 e. The van der Waals surface area contributed by atoms with E-state index in [0.717, 1.165) is 11.1 Å². The molecule has 0 bridgehead atoms. The minimum absolute atomic E-state index is 0.0630. The molecule has 16 heavy (non-hydrogen) atoms. The van der Waals surface area contributed by atoms with Gasteiger partial charge in [-0.15, -0.1) is 11.6 Å². The summed E-state index contributed by atoms with van der Waals surface area (Å²) < 4.78 is 0. The zero-order valence-electron chi connectivity index (χ0n) is 8.58. The number of hydrogen-bond acceptors (Lipinski definition) is 2. The summed E-state index contributed by atoms with van der Waals surface area (Å²) in [6, 6.07) is 7.24. The van der Waals surface area contributed by atoms with Crippen molar-refractivity contribution in [2.75, 3.05) is 5.88 Å². The molecule has 0 aliphatic heterocycles. The third kappa shape index (κ3) is 4.91. The lowest BCUT2D eigenvalue weighted by Gasteiger charge is -2.14. The van der Waals surface area contributed by atoms with E-state index in [1.807, 2.05) is 12.1 Å². The molecule has 0 radical (unpaired) electrons. The zero-order chi connectivity index (χ0) is 12.2. The van der Waals surface area contributed by atoms with Crippen LogP contribution < -0.4 is 0 Å². The molecule has 0 fully saturated rings. The van der Waals surface area contributed by atoms with Gasteiger partial charge in [-0.2, -0.15) is 0 Å². The molecular formula is C10H14ClO3PS. The predicted octanol–water partition coefficient (Wildman–Crippen LogP) is 1.62. The van der Waals surface area contributed by atoms with Crippen LogP contribution in [-0.4, -0.2) is 26.9 Å². The van der Waals surface area contributed by atoms with E-state index in [2.05, 4.69) is 11.8 Å². The van der Waals surface area contributed by atoms with Gasteiger partial charge in [-0.1, -0.05) is 24.3 Å². The van der Waals surface area contributed by atoms with Gasteiger partial charge >= 0.3 is 0 Å². The monoisotopic (exact) mass is 280 g/mol. The molecule has 0 aliphatic rings. The van der Waals surface area contributed by atoms with Gasteiger partial charge in [0.05, 0.1) is 6.10 Å². The van der Waals surface area contributed by atoms with E-state index in [-0.39, 0.29) is 12.0 Å². The molecule has 1 unspecified atom stereocenters. The van der Waals surface area contributed by atoms with Gasteiger partial charge < -0.3 is 14.9 Å². The molecule has 1 atom stereocenters. The Labute approximate surface area is 105 Å². The first kappa shape index (κ1) is 14.1. The Morgan fingerprint density at radius 3 is 2.31 bits per heavy atom. The average Bonchev–Trinajstić information content (AvgIpc) is 2.18. The topological polar surface area (TPSA) is 60.7 Å². The summed E-state index contributed by atoms with van der Waals surface area (Å²) in [5, 5.41) is 9.46. The van der Waals surface area contributed by atoms with Crippen LogP contribution in [0.2, 0.25) is 0 Å². The van der Waals surface area contributed by atoms with Gasteiger partial charge in [-0.25, -0.2) is 0 Å². The molecule has 1 rings (SSSR count). The van der Waals surface area contributed by atoms with E-state index in [1.54, 1.807) is 12.1 Å². The molecule has 1 aromatic carbocycles. The normalized spacial score (nSPS) is 13.8. The standard InChI is InChI=1S/C10H14ClO3PS/c11-6-10(12)5-8-3-1-2-4-9(8)7-15(13,14)16/h1-4,10,12H,5-7H2,(H2,13,14,16). The van der Waals surface area contributed by atoms with Crippen LogP contribution in [0.15, 0.2) is 24.3 Å². The van der Waals surface area contributed by atoms with Gasteiger partial charge in [0, 0.05) is 12.0 Å². The number of benzene rings is 1. The molecule has 0 amide bonds. The summed E-state index contributed by atoms with van der Waals surface area (Å²) in [6.45, 7) is -3.25. The molecule has 0 saturated carbocycles. The van der Waals surface area contributed by atoms with E-state index in [9.17, 15) is 14.9 Å². The maximum atomic E-state index is 9.46. The number of aliphatic hydroxyl groups excluding tert-OH is 1. The van der Waals surface area contributed by atoms with Crippen LogP contribution in [0.1, 0.15) is 11.1 Å². The largest absolute Gasteiger partial charge is 0.392 e. The van der Waals surface area contributed by atoms with Crippen LogP contribution >= 0.6 is 18.1 Å². The van der Waals surface area contributed by atoms with Crippen LogP contribution in [0.4, 0.5) is 0 Å². The number of aliphatic hydroxyl groups is 1. The predicted molar refractivity (Wildman–Crippen MR) is 69.3 cm³/mol. The maximum Gasteiger partial charge on any atom is 0.187 e. The Hall–Kier alpha value is 0.0400. The Kier molecular flexibility index (Phi) is 5.38. The third-order valence-electron chi connectivity index (χ3n) is 2.13. The van der Waals surface area contributed by atoms with E-state index in [0.29, 0.717) is 6.42 Å². The highest BCUT2D eigenvalue weighted by atomic mass is 35.5. The molecular weight excluding hydrogens is 267 g/mol. The number of alkyl halides is 1. The Morgan fingerprint density at radius 2 is 1.81 bits per heavy atom. The second-order valence-electron chi connectivity index (χ2n) is 3.60. The average molecular weight is 281 g/mol. The molecule has 0 spiro atoms. The minimum atomic E-state index is -3.25. The highest BCUT2D eigenvalue weighted by Crippen LogP contribution is 2.40. The van der Waals surface area contributed by atoms with Crippen LogP contribution in [0, 0.1) is 0 Å². The molecule has 0 heterocycles. The second-order valence-corrected chi connectivity index (χ2v) is 7.31. The lowest BCUT2D eigenvalue weighted by molar-refractivity contribution is 0.198. The van der Waals surface area contributed by atoms with E-state index >= 15 is 0 Å². The number of rotatable bonds is 5. The quantitative estimate of drug-likeness (QED) is 0.567. The number of halogens is 1. The summed E-state index contributed by atoms with van der Waals surface area (Å²) in [6.07, 6.45) is -0.166. The van der Waals surface area contributed by atoms with Crippen molar-refractivity contribution in [2.24, 2.45) is 0 Å². The van der Waals surface area contributed by atoms with Crippen molar-refractivity contribution in [3.8, 4) is 0 Å². The first-order valence-electron chi connectivity index (χ1n) is 4.78. The van der Waals surface area contributed by atoms with Gasteiger partial charge in [0.25, 0.3) is 0 Å². The van der Waals surface area contributed by atoms with Crippen LogP contribution in [0.3, 0.4) is 0 Å². The van der Waals surface area contributed by atoms with E-state index < -0.39 is 12.6 Å². The van der Waals surface area contributed by atoms with Crippen molar-refractivity contribution < 1.29 is 14.9 Å². The zero-order valence-corrected chi connectivity index (χ0v) is 11.0. The summed E-state index contributed by atoms with van der Waals surface area (Å²) in [7, 11) is 0. The molecule has 3 nitrogen and oxygen atoms in total. The first-order valence-corrected chi connectivity index (χ1v) is 8.20. The second kappa shape index (κ2) is 6.10. The Morgan fingerprint density at radius 1 is 1.25 bits per heavy atom. The lowest BCUT2D eigenvalue weighted by Crippen LogP contribution is -2.13. The van der Waals surface area contributed by atoms with E-state index in [1.165, 1.54) is 0 Å². The van der Waals surface area contributed by atoms with Gasteiger partial charge in [0.15, 0.2) is 6.49 Å². The molecule has 0 aromatic heterocycles. The molecule has 1 aromatic rings. The molecule has 0 aliphatic carbocycles. The fraction of sp³-hybridized carbons (Fsp3) is 0.400. The summed E-state index contributed by atoms with van der Waals surface area (Å²) >= 11 is 10.1. The van der Waals surface area contributed by atoms with Crippen molar-refractivity contribution in [1.82, 2.24) is 0 Å². The summed E-state index contributed by atoms with van der Waals surface area (Å²) in [5.74, 6) is 0.154. The van der Waals surface area contributed by atoms with Crippen molar-refractivity contribution in [1.29, 1.82) is 0 Å². The van der Waals surface area contributed by atoms with E-state index in [4.69, 9.17) is 11.6 Å². The number of hydrogen-bond donors (Lipinski definition) is 3. The molecule has 90 valence electrons. The third-order valence-corrected chi connectivity index (χ3v) is 3.62. The van der Waals surface area contributed by atoms with Gasteiger partial charge in [-0.05, 0) is 29.4 Å². The highest BCUT2D eigenvalue weighted by Gasteiger charge is 2.13. The van der Waals surface area contributed by atoms with Crippen molar-refractivity contribution in [3.05, 3.63) is 35.4 Å². The van der Waals surface area contributed by atoms with Crippen LogP contribution in [0.5, 0.6) is 0 Å².